The van der Waals surface area contributed by atoms with Crippen molar-refractivity contribution in [3.63, 3.8) is 0 Å². The summed E-state index contributed by atoms with van der Waals surface area (Å²) in [4.78, 5) is 22.4. The molecule has 3 amide bonds. The summed E-state index contributed by atoms with van der Waals surface area (Å²) < 4.78 is 19.5. The molecule has 0 bridgehead atoms. The Balaban J connectivity index is 2.89. The molecule has 0 aromatic heterocycles. The number of hydrogen-bond acceptors (Lipinski definition) is 3. The molecular formula is C12H14BrFN2O3. The van der Waals surface area contributed by atoms with E-state index in [1.807, 2.05) is 5.32 Å². The molecule has 0 heterocycles. The summed E-state index contributed by atoms with van der Waals surface area (Å²) in [6.07, 6.45) is -1.01. The number of urea groups is 1. The van der Waals surface area contributed by atoms with Crippen molar-refractivity contribution in [1.82, 2.24) is 5.32 Å². The van der Waals surface area contributed by atoms with Gasteiger partial charge in [0.1, 0.15) is 0 Å². The molecule has 0 spiro atoms. The van der Waals surface area contributed by atoms with Gasteiger partial charge in [-0.3, -0.25) is 10.1 Å². The Labute approximate surface area is 118 Å². The van der Waals surface area contributed by atoms with Gasteiger partial charge in [0.2, 0.25) is 0 Å². The molecule has 0 aliphatic rings. The summed E-state index contributed by atoms with van der Waals surface area (Å²) >= 11 is 3.12. The monoisotopic (exact) mass is 332 g/mol. The molecular weight excluding hydrogens is 319 g/mol. The van der Waals surface area contributed by atoms with Gasteiger partial charge >= 0.3 is 6.03 Å². The summed E-state index contributed by atoms with van der Waals surface area (Å²) in [6.45, 7) is 3.42. The highest BCUT2D eigenvalue weighted by Gasteiger charge is 2.26. The number of rotatable bonds is 4. The molecule has 0 radical (unpaired) electrons. The van der Waals surface area contributed by atoms with Crippen molar-refractivity contribution in [3.05, 3.63) is 28.5 Å². The molecule has 5 nitrogen and oxygen atoms in total. The van der Waals surface area contributed by atoms with E-state index in [0.29, 0.717) is 4.47 Å². The lowest BCUT2D eigenvalue weighted by molar-refractivity contribution is -0.128. The second kappa shape index (κ2) is 6.51. The van der Waals surface area contributed by atoms with Gasteiger partial charge in [-0.2, -0.15) is 0 Å². The van der Waals surface area contributed by atoms with Crippen LogP contribution in [0.25, 0.3) is 0 Å². The predicted molar refractivity (Wildman–Crippen MR) is 71.1 cm³/mol. The normalized spacial score (nSPS) is 12.1. The molecule has 1 aromatic carbocycles. The van der Waals surface area contributed by atoms with Crippen molar-refractivity contribution in [2.75, 3.05) is 0 Å². The summed E-state index contributed by atoms with van der Waals surface area (Å²) in [5.41, 5.74) is 4.87. The van der Waals surface area contributed by atoms with Gasteiger partial charge in [-0.25, -0.2) is 9.18 Å². The Hall–Kier alpha value is -1.63. The van der Waals surface area contributed by atoms with Crippen molar-refractivity contribution in [2.45, 2.75) is 20.0 Å². The SMILES string of the molecule is CC(C)[C@@H](Oc1ccc(Br)cc1F)C(=O)NC(N)=O. The first kappa shape index (κ1) is 15.4. The van der Waals surface area contributed by atoms with E-state index in [2.05, 4.69) is 15.9 Å². The first-order valence-electron chi connectivity index (χ1n) is 5.53. The van der Waals surface area contributed by atoms with E-state index >= 15 is 0 Å². The molecule has 19 heavy (non-hydrogen) atoms. The number of carbonyl (C=O) groups excluding carboxylic acids is 2. The van der Waals surface area contributed by atoms with Gasteiger partial charge in [-0.1, -0.05) is 29.8 Å². The van der Waals surface area contributed by atoms with Gasteiger partial charge in [-0.15, -0.1) is 0 Å². The summed E-state index contributed by atoms with van der Waals surface area (Å²) in [5.74, 6) is -1.64. The number of nitrogens with one attached hydrogen (secondary N) is 1. The van der Waals surface area contributed by atoms with Crippen LogP contribution in [0.15, 0.2) is 22.7 Å². The van der Waals surface area contributed by atoms with Gasteiger partial charge in [0.15, 0.2) is 17.7 Å². The number of hydrogen-bond donors (Lipinski definition) is 2. The van der Waals surface area contributed by atoms with Gasteiger partial charge in [0, 0.05) is 4.47 Å². The second-order valence-corrected chi connectivity index (χ2v) is 5.13. The average Bonchev–Trinajstić information content (AvgIpc) is 2.26. The van der Waals surface area contributed by atoms with Crippen LogP contribution >= 0.6 is 15.9 Å². The number of ether oxygens (including phenoxy) is 1. The van der Waals surface area contributed by atoms with Gasteiger partial charge in [0.25, 0.3) is 5.91 Å². The van der Waals surface area contributed by atoms with Crippen molar-refractivity contribution in [1.29, 1.82) is 0 Å². The molecule has 0 saturated heterocycles. The van der Waals surface area contributed by atoms with E-state index in [1.54, 1.807) is 19.9 Å². The molecule has 1 rings (SSSR count). The Morgan fingerprint density at radius 1 is 1.42 bits per heavy atom. The minimum Gasteiger partial charge on any atom is -0.477 e. The lowest BCUT2D eigenvalue weighted by Crippen LogP contribution is -2.46. The van der Waals surface area contributed by atoms with E-state index < -0.39 is 23.9 Å². The zero-order valence-electron chi connectivity index (χ0n) is 10.4. The molecule has 1 atom stereocenters. The maximum absolute atomic E-state index is 13.6. The maximum atomic E-state index is 13.6. The van der Waals surface area contributed by atoms with E-state index in [9.17, 15) is 14.0 Å². The standard InChI is InChI=1S/C12H14BrFN2O3/c1-6(2)10(11(17)16-12(15)18)19-9-4-3-7(13)5-8(9)14/h3-6,10H,1-2H3,(H3,15,16,17,18)/t10-/m1/s1. The van der Waals surface area contributed by atoms with E-state index in [4.69, 9.17) is 10.5 Å². The molecule has 0 saturated carbocycles. The fourth-order valence-corrected chi connectivity index (χ4v) is 1.73. The number of primary amides is 1. The zero-order valence-corrected chi connectivity index (χ0v) is 12.0. The lowest BCUT2D eigenvalue weighted by Gasteiger charge is -2.21. The van der Waals surface area contributed by atoms with Crippen molar-refractivity contribution < 1.29 is 18.7 Å². The third-order valence-electron chi connectivity index (χ3n) is 2.26. The van der Waals surface area contributed by atoms with Crippen LogP contribution in [0.2, 0.25) is 0 Å². The Morgan fingerprint density at radius 3 is 2.53 bits per heavy atom. The van der Waals surface area contributed by atoms with Crippen molar-refractivity contribution >= 4 is 27.9 Å². The topological polar surface area (TPSA) is 81.4 Å². The number of imide groups is 1. The van der Waals surface area contributed by atoms with Crippen molar-refractivity contribution in [3.8, 4) is 5.75 Å². The van der Waals surface area contributed by atoms with Crippen LogP contribution in [-0.2, 0) is 4.79 Å². The highest BCUT2D eigenvalue weighted by atomic mass is 79.9. The first-order valence-corrected chi connectivity index (χ1v) is 6.32. The zero-order chi connectivity index (χ0) is 14.6. The Kier molecular flexibility index (Phi) is 5.29. The van der Waals surface area contributed by atoms with E-state index in [0.717, 1.165) is 0 Å². The second-order valence-electron chi connectivity index (χ2n) is 4.21. The van der Waals surface area contributed by atoms with Crippen molar-refractivity contribution in [2.24, 2.45) is 11.7 Å². The van der Waals surface area contributed by atoms with E-state index in [-0.39, 0.29) is 11.7 Å². The molecule has 0 fully saturated rings. The fourth-order valence-electron chi connectivity index (χ4n) is 1.39. The molecule has 0 aliphatic carbocycles. The Morgan fingerprint density at radius 2 is 2.05 bits per heavy atom. The number of amides is 3. The van der Waals surface area contributed by atoms with Gasteiger partial charge in [0.05, 0.1) is 0 Å². The number of benzene rings is 1. The molecule has 104 valence electrons. The van der Waals surface area contributed by atoms with Crippen LogP contribution in [0.5, 0.6) is 5.75 Å². The van der Waals surface area contributed by atoms with Gasteiger partial charge in [-0.05, 0) is 24.1 Å². The third-order valence-corrected chi connectivity index (χ3v) is 2.75. The quantitative estimate of drug-likeness (QED) is 0.886. The summed E-state index contributed by atoms with van der Waals surface area (Å²) in [7, 11) is 0. The molecule has 7 heteroatoms. The lowest BCUT2D eigenvalue weighted by atomic mass is 10.1. The third kappa shape index (κ3) is 4.51. The minimum atomic E-state index is -1.01. The predicted octanol–water partition coefficient (Wildman–Crippen LogP) is 2.19. The number of halogens is 2. The average molecular weight is 333 g/mol. The van der Waals surface area contributed by atoms with Crippen LogP contribution in [-0.4, -0.2) is 18.0 Å². The summed E-state index contributed by atoms with van der Waals surface area (Å²) in [5, 5.41) is 1.92. The maximum Gasteiger partial charge on any atom is 0.318 e. The largest absolute Gasteiger partial charge is 0.477 e. The highest BCUT2D eigenvalue weighted by Crippen LogP contribution is 2.23. The van der Waals surface area contributed by atoms with Crippen LogP contribution in [0.1, 0.15) is 13.8 Å². The summed E-state index contributed by atoms with van der Waals surface area (Å²) in [6, 6.07) is 3.22. The van der Waals surface area contributed by atoms with E-state index in [1.165, 1.54) is 12.1 Å². The van der Waals surface area contributed by atoms with Crippen LogP contribution in [0.3, 0.4) is 0 Å². The molecule has 3 N–H and O–H groups in total. The first-order chi connectivity index (χ1) is 8.81. The van der Waals surface area contributed by atoms with Crippen LogP contribution < -0.4 is 15.8 Å². The fraction of sp³-hybridized carbons (Fsp3) is 0.333. The molecule has 1 aromatic rings. The molecule has 0 unspecified atom stereocenters. The van der Waals surface area contributed by atoms with Crippen LogP contribution in [0.4, 0.5) is 9.18 Å². The highest BCUT2D eigenvalue weighted by molar-refractivity contribution is 9.10. The molecule has 0 aliphatic heterocycles. The smallest absolute Gasteiger partial charge is 0.318 e. The number of carbonyl (C=O) groups is 2. The minimum absolute atomic E-state index is 0.0680. The van der Waals surface area contributed by atoms with Crippen LogP contribution in [0, 0.1) is 11.7 Å². The Bertz CT molecular complexity index is 494. The van der Waals surface area contributed by atoms with Gasteiger partial charge < -0.3 is 10.5 Å². The number of nitrogens with two attached hydrogens (primary N) is 1.